The van der Waals surface area contributed by atoms with E-state index in [1.54, 1.807) is 31.5 Å². The number of carbonyl (C=O) groups is 2. The number of aryl methyl sites for hydroxylation is 1. The summed E-state index contributed by atoms with van der Waals surface area (Å²) in [6, 6.07) is 5.64. The Bertz CT molecular complexity index is 1280. The third-order valence-electron chi connectivity index (χ3n) is 6.75. The van der Waals surface area contributed by atoms with Gasteiger partial charge in [0.2, 0.25) is 11.8 Å². The number of fused-ring (bicyclic) bond motifs is 1. The van der Waals surface area contributed by atoms with Gasteiger partial charge in [-0.15, -0.1) is 0 Å². The Labute approximate surface area is 220 Å². The van der Waals surface area contributed by atoms with Crippen LogP contribution in [-0.4, -0.2) is 51.4 Å². The van der Waals surface area contributed by atoms with E-state index in [-0.39, 0.29) is 35.3 Å². The van der Waals surface area contributed by atoms with Crippen molar-refractivity contribution in [1.82, 2.24) is 25.1 Å². The molecule has 7 nitrogen and oxygen atoms in total. The van der Waals surface area contributed by atoms with Crippen LogP contribution in [0.1, 0.15) is 31.4 Å². The van der Waals surface area contributed by atoms with Gasteiger partial charge in [0.05, 0.1) is 16.1 Å². The zero-order chi connectivity index (χ0) is 26.0. The lowest BCUT2D eigenvalue weighted by molar-refractivity contribution is -0.131. The number of nitrogens with zero attached hydrogens (tertiary/aromatic N) is 3. The maximum atomic E-state index is 13.5. The number of benzene rings is 1. The van der Waals surface area contributed by atoms with Crippen molar-refractivity contribution < 1.29 is 14.0 Å². The lowest BCUT2D eigenvalue weighted by Crippen LogP contribution is -2.50. The fourth-order valence-electron chi connectivity index (χ4n) is 4.84. The standard InChI is InChI=1S/C26H30Cl2FN5O2/c1-4-34-13-17(7-16-5-6-22(29)20(27)9-16)10-23(34)26(36)32-15(2)25(35)31-12-18-8-19-21(28)14-33(3)24(19)30-11-18/h5-6,8-9,11,14-15,17,23H,4,7,10,12-13H2,1-3H3,(H,31,35)(H,32,36)/t15?,17-,23+/m0/s1. The van der Waals surface area contributed by atoms with Gasteiger partial charge in [-0.25, -0.2) is 9.37 Å². The highest BCUT2D eigenvalue weighted by molar-refractivity contribution is 6.35. The summed E-state index contributed by atoms with van der Waals surface area (Å²) >= 11 is 12.2. The molecule has 36 heavy (non-hydrogen) atoms. The second kappa shape index (κ2) is 11.2. The summed E-state index contributed by atoms with van der Waals surface area (Å²) in [7, 11) is 1.87. The molecule has 3 heterocycles. The highest BCUT2D eigenvalue weighted by Gasteiger charge is 2.36. The van der Waals surface area contributed by atoms with Crippen LogP contribution >= 0.6 is 23.2 Å². The maximum Gasteiger partial charge on any atom is 0.242 e. The Morgan fingerprint density at radius 3 is 2.72 bits per heavy atom. The molecule has 3 aromatic rings. The average molecular weight is 534 g/mol. The van der Waals surface area contributed by atoms with Crippen LogP contribution in [0.4, 0.5) is 4.39 Å². The monoisotopic (exact) mass is 533 g/mol. The van der Waals surface area contributed by atoms with Crippen molar-refractivity contribution in [2.45, 2.75) is 45.3 Å². The fraction of sp³-hybridized carbons (Fsp3) is 0.423. The minimum Gasteiger partial charge on any atom is -0.350 e. The molecule has 0 aliphatic carbocycles. The molecule has 2 aromatic heterocycles. The minimum absolute atomic E-state index is 0.106. The van der Waals surface area contributed by atoms with E-state index in [1.165, 1.54) is 6.07 Å². The van der Waals surface area contributed by atoms with Crippen LogP contribution in [0, 0.1) is 11.7 Å². The van der Waals surface area contributed by atoms with Gasteiger partial charge in [0.25, 0.3) is 0 Å². The lowest BCUT2D eigenvalue weighted by Gasteiger charge is -2.23. The molecule has 4 rings (SSSR count). The van der Waals surface area contributed by atoms with E-state index in [0.717, 1.165) is 35.2 Å². The zero-order valence-corrected chi connectivity index (χ0v) is 22.0. The summed E-state index contributed by atoms with van der Waals surface area (Å²) in [5, 5.41) is 7.26. The maximum absolute atomic E-state index is 13.5. The average Bonchev–Trinajstić information content (AvgIpc) is 3.39. The Hall–Kier alpha value is -2.68. The molecular weight excluding hydrogens is 504 g/mol. The summed E-state index contributed by atoms with van der Waals surface area (Å²) in [6.07, 6.45) is 4.86. The van der Waals surface area contributed by atoms with Gasteiger partial charge in [-0.05, 0) is 61.6 Å². The molecule has 1 saturated heterocycles. The number of likely N-dealkylation sites (N-methyl/N-ethyl adjacent to an activating group) is 1. The predicted molar refractivity (Wildman–Crippen MR) is 139 cm³/mol. The van der Waals surface area contributed by atoms with Crippen LogP contribution in [0.25, 0.3) is 11.0 Å². The molecule has 2 N–H and O–H groups in total. The first-order chi connectivity index (χ1) is 17.2. The molecule has 1 aliphatic heterocycles. The largest absolute Gasteiger partial charge is 0.350 e. The molecule has 10 heteroatoms. The van der Waals surface area contributed by atoms with Crippen molar-refractivity contribution in [3.8, 4) is 0 Å². The second-order valence-electron chi connectivity index (χ2n) is 9.41. The molecule has 1 aromatic carbocycles. The third-order valence-corrected chi connectivity index (χ3v) is 7.34. The van der Waals surface area contributed by atoms with Gasteiger partial charge < -0.3 is 15.2 Å². The minimum atomic E-state index is -0.692. The van der Waals surface area contributed by atoms with Gasteiger partial charge in [-0.1, -0.05) is 36.2 Å². The molecular formula is C26H30Cl2FN5O2. The number of halogens is 3. The SMILES string of the molecule is CCN1C[C@@H](Cc2ccc(F)c(Cl)c2)C[C@@H]1C(=O)NC(C)C(=O)NCc1cnc2c(c1)c(Cl)cn2C. The van der Waals surface area contributed by atoms with E-state index in [2.05, 4.69) is 20.5 Å². The van der Waals surface area contributed by atoms with Crippen LogP contribution in [0.15, 0.2) is 36.7 Å². The highest BCUT2D eigenvalue weighted by Crippen LogP contribution is 2.28. The van der Waals surface area contributed by atoms with E-state index in [4.69, 9.17) is 23.2 Å². The van der Waals surface area contributed by atoms with Gasteiger partial charge in [-0.2, -0.15) is 0 Å². The molecule has 0 bridgehead atoms. The summed E-state index contributed by atoms with van der Waals surface area (Å²) in [4.78, 5) is 32.3. The Morgan fingerprint density at radius 2 is 2.00 bits per heavy atom. The molecule has 1 aliphatic rings. The van der Waals surface area contributed by atoms with Crippen molar-refractivity contribution in [3.63, 3.8) is 0 Å². The molecule has 3 atom stereocenters. The fourth-order valence-corrected chi connectivity index (χ4v) is 5.33. The van der Waals surface area contributed by atoms with Crippen molar-refractivity contribution >= 4 is 46.0 Å². The lowest BCUT2D eigenvalue weighted by atomic mass is 9.96. The number of nitrogens with one attached hydrogen (secondary N) is 2. The molecule has 0 radical (unpaired) electrons. The van der Waals surface area contributed by atoms with Crippen LogP contribution in [-0.2, 0) is 29.6 Å². The van der Waals surface area contributed by atoms with E-state index < -0.39 is 11.9 Å². The third kappa shape index (κ3) is 5.82. The molecule has 0 saturated carbocycles. The summed E-state index contributed by atoms with van der Waals surface area (Å²) in [5.41, 5.74) is 2.54. The van der Waals surface area contributed by atoms with Crippen LogP contribution < -0.4 is 10.6 Å². The smallest absolute Gasteiger partial charge is 0.242 e. The van der Waals surface area contributed by atoms with E-state index in [0.29, 0.717) is 17.9 Å². The molecule has 2 amide bonds. The number of rotatable bonds is 8. The van der Waals surface area contributed by atoms with Gasteiger partial charge in [0.15, 0.2) is 0 Å². The van der Waals surface area contributed by atoms with Gasteiger partial charge >= 0.3 is 0 Å². The molecule has 192 valence electrons. The predicted octanol–water partition coefficient (Wildman–Crippen LogP) is 4.09. The number of amides is 2. The van der Waals surface area contributed by atoms with Crippen molar-refractivity contribution in [2.24, 2.45) is 13.0 Å². The number of hydrogen-bond acceptors (Lipinski definition) is 4. The number of likely N-dealkylation sites (tertiary alicyclic amines) is 1. The molecule has 0 spiro atoms. The zero-order valence-electron chi connectivity index (χ0n) is 20.5. The molecule has 1 unspecified atom stereocenters. The topological polar surface area (TPSA) is 79.3 Å². The van der Waals surface area contributed by atoms with E-state index in [9.17, 15) is 14.0 Å². The normalized spacial score (nSPS) is 18.9. The van der Waals surface area contributed by atoms with Gasteiger partial charge in [0.1, 0.15) is 17.5 Å². The first-order valence-corrected chi connectivity index (χ1v) is 12.8. The number of hydrogen-bond donors (Lipinski definition) is 2. The first-order valence-electron chi connectivity index (χ1n) is 12.0. The van der Waals surface area contributed by atoms with Crippen molar-refractivity contribution in [3.05, 3.63) is 63.6 Å². The highest BCUT2D eigenvalue weighted by atomic mass is 35.5. The number of carbonyl (C=O) groups excluding carboxylic acids is 2. The van der Waals surface area contributed by atoms with E-state index >= 15 is 0 Å². The van der Waals surface area contributed by atoms with Crippen LogP contribution in [0.2, 0.25) is 10.0 Å². The van der Waals surface area contributed by atoms with Crippen LogP contribution in [0.3, 0.4) is 0 Å². The second-order valence-corrected chi connectivity index (χ2v) is 10.2. The number of aromatic nitrogens is 2. The van der Waals surface area contributed by atoms with Crippen molar-refractivity contribution in [2.75, 3.05) is 13.1 Å². The van der Waals surface area contributed by atoms with Crippen molar-refractivity contribution in [1.29, 1.82) is 0 Å². The first kappa shape index (κ1) is 26.4. The Kier molecular flexibility index (Phi) is 8.17. The van der Waals surface area contributed by atoms with Gasteiger partial charge in [0, 0.05) is 37.9 Å². The van der Waals surface area contributed by atoms with Crippen LogP contribution in [0.5, 0.6) is 0 Å². The Morgan fingerprint density at radius 1 is 1.22 bits per heavy atom. The summed E-state index contributed by atoms with van der Waals surface area (Å²) in [5.74, 6) is -0.648. The number of pyridine rings is 1. The van der Waals surface area contributed by atoms with E-state index in [1.807, 2.05) is 24.6 Å². The summed E-state index contributed by atoms with van der Waals surface area (Å²) in [6.45, 7) is 5.43. The Balaban J connectivity index is 1.31. The van der Waals surface area contributed by atoms with Gasteiger partial charge in [-0.3, -0.25) is 14.5 Å². The quantitative estimate of drug-likeness (QED) is 0.457. The molecule has 1 fully saturated rings. The summed E-state index contributed by atoms with van der Waals surface area (Å²) < 4.78 is 15.3.